The molecule has 34 heavy (non-hydrogen) atoms. The van der Waals surface area contributed by atoms with E-state index >= 15 is 0 Å². The second kappa shape index (κ2) is 11.0. The number of aromatic nitrogens is 3. The molecule has 1 saturated carbocycles. The first-order valence-corrected chi connectivity index (χ1v) is 12.4. The van der Waals surface area contributed by atoms with Crippen molar-refractivity contribution >= 4 is 39.2 Å². The number of hydrogen-bond donors (Lipinski definition) is 3. The molecule has 1 atom stereocenters. The molecule has 11 heteroatoms. The highest BCUT2D eigenvalue weighted by Crippen LogP contribution is 2.38. The van der Waals surface area contributed by atoms with Gasteiger partial charge in [0.15, 0.2) is 0 Å². The minimum absolute atomic E-state index is 0.0529. The van der Waals surface area contributed by atoms with Crippen LogP contribution in [0.3, 0.4) is 0 Å². The van der Waals surface area contributed by atoms with Crippen molar-refractivity contribution in [1.29, 1.82) is 0 Å². The van der Waals surface area contributed by atoms with Gasteiger partial charge in [-0.1, -0.05) is 42.8 Å². The molecule has 3 N–H and O–H groups in total. The van der Waals surface area contributed by atoms with Crippen molar-refractivity contribution in [2.24, 2.45) is 5.92 Å². The van der Waals surface area contributed by atoms with Gasteiger partial charge in [0.25, 0.3) is 0 Å². The fraction of sp³-hybridized carbons (Fsp3) is 0.609. The zero-order chi connectivity index (χ0) is 25.0. The van der Waals surface area contributed by atoms with Crippen LogP contribution >= 0.6 is 15.9 Å². The van der Waals surface area contributed by atoms with Gasteiger partial charge in [-0.2, -0.15) is 18.2 Å². The summed E-state index contributed by atoms with van der Waals surface area (Å²) in [7, 11) is 0. The minimum atomic E-state index is -4.63. The molecule has 1 aromatic heterocycles. The van der Waals surface area contributed by atoms with E-state index in [9.17, 15) is 23.1 Å². The second-order valence-corrected chi connectivity index (χ2v) is 10.7. The van der Waals surface area contributed by atoms with Gasteiger partial charge >= 0.3 is 12.1 Å². The van der Waals surface area contributed by atoms with Gasteiger partial charge in [0.2, 0.25) is 11.8 Å². The van der Waals surface area contributed by atoms with E-state index in [1.165, 1.54) is 0 Å². The quantitative estimate of drug-likeness (QED) is 0.319. The van der Waals surface area contributed by atoms with Gasteiger partial charge in [0.05, 0.1) is 17.8 Å². The third kappa shape index (κ3) is 6.86. The fourth-order valence-corrected chi connectivity index (χ4v) is 4.87. The normalized spacial score (nSPS) is 19.8. The Morgan fingerprint density at radius 1 is 1.26 bits per heavy atom. The van der Waals surface area contributed by atoms with Crippen LogP contribution in [0.1, 0.15) is 70.2 Å². The highest BCUT2D eigenvalue weighted by Gasteiger charge is 2.35. The molecule has 0 amide bonds. The predicted octanol–water partition coefficient (Wildman–Crippen LogP) is 6.31. The van der Waals surface area contributed by atoms with Crippen LogP contribution in [0.15, 0.2) is 18.2 Å². The van der Waals surface area contributed by atoms with Crippen molar-refractivity contribution in [2.45, 2.75) is 75.8 Å². The van der Waals surface area contributed by atoms with Crippen molar-refractivity contribution in [2.75, 3.05) is 16.8 Å². The van der Waals surface area contributed by atoms with Crippen molar-refractivity contribution in [3.63, 3.8) is 0 Å². The Hall–Kier alpha value is -2.30. The van der Waals surface area contributed by atoms with Gasteiger partial charge < -0.3 is 15.3 Å². The number of nitrogens with zero attached hydrogens (tertiary/aromatic N) is 3. The van der Waals surface area contributed by atoms with Gasteiger partial charge in [-0.3, -0.25) is 9.89 Å². The maximum atomic E-state index is 13.0. The number of alkyl halides is 4. The van der Waals surface area contributed by atoms with Gasteiger partial charge in [-0.15, -0.1) is 5.10 Å². The number of aromatic amines is 1. The summed E-state index contributed by atoms with van der Waals surface area (Å²) >= 11 is 3.70. The lowest BCUT2D eigenvalue weighted by Gasteiger charge is -2.39. The number of benzene rings is 1. The largest absolute Gasteiger partial charge is 0.481 e. The highest BCUT2D eigenvalue weighted by molar-refractivity contribution is 9.09. The first kappa shape index (κ1) is 26.3. The van der Waals surface area contributed by atoms with E-state index in [0.717, 1.165) is 43.5 Å². The number of anilines is 3. The van der Waals surface area contributed by atoms with Crippen LogP contribution in [0.4, 0.5) is 30.5 Å². The van der Waals surface area contributed by atoms with Crippen molar-refractivity contribution in [3.05, 3.63) is 29.6 Å². The number of carbonyl (C=O) groups is 1. The van der Waals surface area contributed by atoms with Crippen LogP contribution in [-0.2, 0) is 11.0 Å². The Kier molecular flexibility index (Phi) is 8.48. The smallest absolute Gasteiger partial charge is 0.451 e. The molecule has 1 aromatic carbocycles. The molecular weight excluding hydrogens is 515 g/mol. The van der Waals surface area contributed by atoms with E-state index in [2.05, 4.69) is 50.1 Å². The van der Waals surface area contributed by atoms with E-state index in [0.29, 0.717) is 16.4 Å². The summed E-state index contributed by atoms with van der Waals surface area (Å²) in [6.45, 7) is 6.84. The second-order valence-electron chi connectivity index (χ2n) is 9.36. The van der Waals surface area contributed by atoms with Crippen LogP contribution in [0.25, 0.3) is 0 Å². The summed E-state index contributed by atoms with van der Waals surface area (Å²) in [4.78, 5) is 17.6. The molecule has 1 fully saturated rings. The molecule has 2 aromatic rings. The number of rotatable bonds is 9. The third-order valence-electron chi connectivity index (χ3n) is 6.01. The highest BCUT2D eigenvalue weighted by atomic mass is 79.9. The van der Waals surface area contributed by atoms with Crippen molar-refractivity contribution < 1.29 is 23.1 Å². The topological polar surface area (TPSA) is 94.1 Å². The predicted molar refractivity (Wildman–Crippen MR) is 129 cm³/mol. The average molecular weight is 546 g/mol. The Balaban J connectivity index is 2.00. The zero-order valence-electron chi connectivity index (χ0n) is 19.5. The lowest BCUT2D eigenvalue weighted by atomic mass is 9.92. The molecule has 0 radical (unpaired) electrons. The van der Waals surface area contributed by atoms with E-state index in [1.54, 1.807) is 6.07 Å². The average Bonchev–Trinajstić information content (AvgIpc) is 3.21. The number of halogens is 4. The van der Waals surface area contributed by atoms with Crippen LogP contribution < -0.4 is 10.2 Å². The number of carboxylic acids is 1. The lowest BCUT2D eigenvalue weighted by molar-refractivity contribution is -0.144. The Bertz CT molecular complexity index is 974. The monoisotopic (exact) mass is 545 g/mol. The molecule has 0 spiro atoms. The molecule has 0 saturated heterocycles. The minimum Gasteiger partial charge on any atom is -0.481 e. The molecule has 1 heterocycles. The zero-order valence-corrected chi connectivity index (χ0v) is 21.1. The first-order chi connectivity index (χ1) is 15.9. The molecule has 1 aliphatic rings. The summed E-state index contributed by atoms with van der Waals surface area (Å²) in [5.41, 5.74) is 2.18. The summed E-state index contributed by atoms with van der Waals surface area (Å²) in [5.74, 6) is -2.19. The number of H-pyrrole nitrogens is 1. The van der Waals surface area contributed by atoms with Crippen LogP contribution in [-0.4, -0.2) is 43.7 Å². The maximum absolute atomic E-state index is 13.0. The van der Waals surface area contributed by atoms with Crippen molar-refractivity contribution in [1.82, 2.24) is 15.2 Å². The Morgan fingerprint density at radius 3 is 2.50 bits per heavy atom. The standard InChI is InChI=1S/C23H31BrF3N5O2/c1-13(2)12-32(17-7-5-16(24)6-8-17)19-9-4-15(14(3)10-20(33)34)11-18(19)28-22-29-21(30-31-22)23(25,26)27/h4,9,11,13-14,16-17H,5-8,10,12H2,1-3H3,(H,33,34)(H2,28,29,30,31). The molecule has 3 rings (SSSR count). The first-order valence-electron chi connectivity index (χ1n) is 11.5. The Morgan fingerprint density at radius 2 is 1.94 bits per heavy atom. The third-order valence-corrected chi connectivity index (χ3v) is 6.92. The number of nitrogens with one attached hydrogen (secondary N) is 2. The molecular formula is C23H31BrF3N5O2. The SMILES string of the molecule is CC(C)CN(c1ccc(C(C)CC(=O)O)cc1Nc1n[nH]c(C(F)(F)F)n1)C1CCC(Br)CC1. The van der Waals surface area contributed by atoms with Crippen LogP contribution in [0.2, 0.25) is 0 Å². The summed E-state index contributed by atoms with van der Waals surface area (Å²) in [6.07, 6.45) is -0.596. The molecule has 0 bridgehead atoms. The number of carboxylic acid groups (broad SMARTS) is 1. The van der Waals surface area contributed by atoms with Crippen LogP contribution in [0.5, 0.6) is 0 Å². The maximum Gasteiger partial charge on any atom is 0.451 e. The number of hydrogen-bond acceptors (Lipinski definition) is 5. The van der Waals surface area contributed by atoms with Gasteiger partial charge in [0, 0.05) is 17.4 Å². The van der Waals surface area contributed by atoms with E-state index in [-0.39, 0.29) is 24.3 Å². The lowest BCUT2D eigenvalue weighted by Crippen LogP contribution is -2.41. The van der Waals surface area contributed by atoms with Gasteiger partial charge in [-0.05, 0) is 55.2 Å². The van der Waals surface area contributed by atoms with E-state index < -0.39 is 18.0 Å². The molecule has 1 unspecified atom stereocenters. The van der Waals surface area contributed by atoms with Gasteiger partial charge in [-0.25, -0.2) is 0 Å². The Labute approximate surface area is 205 Å². The fourth-order valence-electron chi connectivity index (χ4n) is 4.34. The molecule has 188 valence electrons. The molecule has 0 aliphatic heterocycles. The molecule has 7 nitrogen and oxygen atoms in total. The van der Waals surface area contributed by atoms with E-state index in [4.69, 9.17) is 0 Å². The van der Waals surface area contributed by atoms with Gasteiger partial charge in [0.1, 0.15) is 0 Å². The van der Waals surface area contributed by atoms with E-state index in [1.807, 2.05) is 24.2 Å². The summed E-state index contributed by atoms with van der Waals surface area (Å²) in [5, 5.41) is 17.8. The summed E-state index contributed by atoms with van der Waals surface area (Å²) in [6, 6.07) is 5.92. The van der Waals surface area contributed by atoms with Crippen LogP contribution in [0, 0.1) is 5.92 Å². The number of aliphatic carboxylic acids is 1. The molecule has 1 aliphatic carbocycles. The summed E-state index contributed by atoms with van der Waals surface area (Å²) < 4.78 is 39.1. The van der Waals surface area contributed by atoms with Crippen molar-refractivity contribution in [3.8, 4) is 0 Å².